The molecule has 0 fully saturated rings. The first kappa shape index (κ1) is 42.8. The molecule has 4 heterocycles. The fourth-order valence-corrected chi connectivity index (χ4v) is 10.5. The van der Waals surface area contributed by atoms with E-state index in [0.717, 1.165) is 166 Å². The van der Waals surface area contributed by atoms with Crippen LogP contribution in [-0.2, 0) is 12.8 Å². The molecule has 0 aliphatic heterocycles. The molecule has 0 bridgehead atoms. The molecular formula is C48H56F2N6S3. The van der Waals surface area contributed by atoms with Crippen LogP contribution >= 0.6 is 34.4 Å². The minimum absolute atomic E-state index is 0.222. The van der Waals surface area contributed by atoms with E-state index in [4.69, 9.17) is 18.7 Å². The fraction of sp³-hybridized carbons (Fsp3) is 0.417. The summed E-state index contributed by atoms with van der Waals surface area (Å²) in [6, 6.07) is 19.5. The summed E-state index contributed by atoms with van der Waals surface area (Å²) in [4.78, 5) is 18.8. The van der Waals surface area contributed by atoms with Crippen LogP contribution in [0.25, 0.3) is 63.8 Å². The Morgan fingerprint density at radius 1 is 0.475 bits per heavy atom. The van der Waals surface area contributed by atoms with Gasteiger partial charge in [0.2, 0.25) is 0 Å². The van der Waals surface area contributed by atoms with Crippen molar-refractivity contribution >= 4 is 67.8 Å². The fourth-order valence-electron chi connectivity index (χ4n) is 7.80. The van der Waals surface area contributed by atoms with Gasteiger partial charge in [0.25, 0.3) is 0 Å². The van der Waals surface area contributed by atoms with Crippen LogP contribution in [0.1, 0.15) is 104 Å². The number of fused-ring (bicyclic) bond motifs is 2. The van der Waals surface area contributed by atoms with Crippen molar-refractivity contribution in [1.29, 1.82) is 0 Å². The molecule has 0 unspecified atom stereocenters. The first-order chi connectivity index (χ1) is 28.8. The number of anilines is 2. The van der Waals surface area contributed by atoms with Crippen molar-refractivity contribution in [3.05, 3.63) is 83.7 Å². The maximum Gasteiger partial charge on any atom is 0.133 e. The minimum Gasteiger partial charge on any atom is -0.371 e. The van der Waals surface area contributed by atoms with Crippen LogP contribution in [0.2, 0.25) is 0 Å². The lowest BCUT2D eigenvalue weighted by atomic mass is 10.0. The lowest BCUT2D eigenvalue weighted by Crippen LogP contribution is -2.25. The highest BCUT2D eigenvalue weighted by molar-refractivity contribution is 7.19. The molecule has 0 aliphatic carbocycles. The van der Waals surface area contributed by atoms with Gasteiger partial charge in [-0.05, 0) is 99.2 Å². The Morgan fingerprint density at radius 2 is 0.847 bits per heavy atom. The van der Waals surface area contributed by atoms with Crippen LogP contribution in [0.4, 0.5) is 20.2 Å². The van der Waals surface area contributed by atoms with Gasteiger partial charge in [-0.1, -0.05) is 67.2 Å². The smallest absolute Gasteiger partial charge is 0.133 e. The molecule has 7 rings (SSSR count). The summed E-state index contributed by atoms with van der Waals surface area (Å²) < 4.78 is 41.8. The largest absolute Gasteiger partial charge is 0.371 e. The van der Waals surface area contributed by atoms with Crippen molar-refractivity contribution in [2.75, 3.05) is 36.0 Å². The Kier molecular flexibility index (Phi) is 14.4. The molecule has 11 heteroatoms. The van der Waals surface area contributed by atoms with Crippen molar-refractivity contribution in [2.45, 2.75) is 106 Å². The molecule has 0 aliphatic rings. The van der Waals surface area contributed by atoms with E-state index in [2.05, 4.69) is 75.6 Å². The number of hydrogen-bond acceptors (Lipinski definition) is 9. The third-order valence-electron chi connectivity index (χ3n) is 11.2. The van der Waals surface area contributed by atoms with E-state index in [0.29, 0.717) is 11.1 Å². The average molecular weight is 851 g/mol. The molecule has 4 aromatic heterocycles. The Bertz CT molecular complexity index is 2320. The highest BCUT2D eigenvalue weighted by Crippen LogP contribution is 2.47. The number of aryl methyl sites for hydroxylation is 2. The van der Waals surface area contributed by atoms with E-state index in [1.54, 1.807) is 34.8 Å². The van der Waals surface area contributed by atoms with Crippen LogP contribution in [-0.4, -0.2) is 44.9 Å². The van der Waals surface area contributed by atoms with Gasteiger partial charge in [-0.3, -0.25) is 0 Å². The van der Waals surface area contributed by atoms with Crippen LogP contribution < -0.4 is 9.80 Å². The van der Waals surface area contributed by atoms with Gasteiger partial charge in [0.15, 0.2) is 0 Å². The lowest BCUT2D eigenvalue weighted by Gasteiger charge is -2.25. The molecule has 6 nitrogen and oxygen atoms in total. The van der Waals surface area contributed by atoms with Crippen molar-refractivity contribution < 1.29 is 8.78 Å². The quantitative estimate of drug-likeness (QED) is 0.0761. The predicted octanol–water partition coefficient (Wildman–Crippen LogP) is 14.6. The van der Waals surface area contributed by atoms with Crippen LogP contribution in [0.3, 0.4) is 0 Å². The maximum atomic E-state index is 16.0. The summed E-state index contributed by atoms with van der Waals surface area (Å²) in [6.07, 6.45) is 10.2. The zero-order chi connectivity index (χ0) is 41.5. The summed E-state index contributed by atoms with van der Waals surface area (Å²) in [6.45, 7) is 16.7. The van der Waals surface area contributed by atoms with Gasteiger partial charge >= 0.3 is 0 Å². The zero-order valence-electron chi connectivity index (χ0n) is 35.3. The van der Waals surface area contributed by atoms with E-state index in [-0.39, 0.29) is 11.6 Å². The zero-order valence-corrected chi connectivity index (χ0v) is 37.8. The number of rotatable bonds is 20. The number of thiophene rings is 2. The summed E-state index contributed by atoms with van der Waals surface area (Å²) in [5.74, 6) is -0.444. The highest BCUT2D eigenvalue weighted by atomic mass is 32.1. The average Bonchev–Trinajstić information content (AvgIpc) is 4.05. The second-order valence-electron chi connectivity index (χ2n) is 15.3. The molecule has 0 atom stereocenters. The minimum atomic E-state index is -0.222. The van der Waals surface area contributed by atoms with Gasteiger partial charge in [-0.25, -0.2) is 18.7 Å². The summed E-state index contributed by atoms with van der Waals surface area (Å²) in [5, 5.41) is 0. The molecule has 7 aromatic rings. The Labute approximate surface area is 360 Å². The monoisotopic (exact) mass is 850 g/mol. The van der Waals surface area contributed by atoms with Crippen molar-refractivity contribution in [1.82, 2.24) is 18.7 Å². The Morgan fingerprint density at radius 3 is 1.19 bits per heavy atom. The van der Waals surface area contributed by atoms with Gasteiger partial charge in [-0.2, -0.15) is 8.75 Å². The number of nitrogens with zero attached hydrogens (tertiary/aromatic N) is 6. The number of benzene rings is 3. The van der Waals surface area contributed by atoms with Crippen molar-refractivity contribution in [3.63, 3.8) is 0 Å². The number of aromatic nitrogens is 4. The molecule has 0 saturated heterocycles. The molecule has 310 valence electrons. The third-order valence-corrected chi connectivity index (χ3v) is 14.0. The first-order valence-corrected chi connectivity index (χ1v) is 24.0. The Balaban J connectivity index is 1.30. The summed E-state index contributed by atoms with van der Waals surface area (Å²) in [7, 11) is 0. The van der Waals surface area contributed by atoms with Gasteiger partial charge in [-0.15, -0.1) is 22.7 Å². The van der Waals surface area contributed by atoms with Gasteiger partial charge in [0, 0.05) is 79.3 Å². The first-order valence-electron chi connectivity index (χ1n) is 21.6. The van der Waals surface area contributed by atoms with Gasteiger partial charge < -0.3 is 9.80 Å². The maximum absolute atomic E-state index is 16.0. The lowest BCUT2D eigenvalue weighted by molar-refractivity contribution is 0.626. The molecule has 3 aromatic carbocycles. The molecule has 0 spiro atoms. The van der Waals surface area contributed by atoms with Crippen LogP contribution in [0, 0.1) is 11.6 Å². The molecular weight excluding hydrogens is 795 g/mol. The number of unbranched alkanes of at least 4 members (excludes halogenated alkanes) is 4. The van der Waals surface area contributed by atoms with E-state index in [1.165, 1.54) is 11.7 Å². The second-order valence-corrected chi connectivity index (χ2v) is 18.0. The van der Waals surface area contributed by atoms with E-state index in [1.807, 2.05) is 24.3 Å². The van der Waals surface area contributed by atoms with E-state index >= 15 is 8.78 Å². The third kappa shape index (κ3) is 9.08. The summed E-state index contributed by atoms with van der Waals surface area (Å²) in [5.41, 5.74) is 9.66. The predicted molar refractivity (Wildman–Crippen MR) is 251 cm³/mol. The Hall–Kier alpha value is -4.32. The second kappa shape index (κ2) is 19.8. The normalized spacial score (nSPS) is 11.7. The highest BCUT2D eigenvalue weighted by Gasteiger charge is 2.26. The SMILES string of the molecule is CCCCN(CCCC)c1ccc(-c2ccc(-c3c4nsnc4c(-c4ccc(-c5ccc(N(CCCC)CCCC)cc5F)s4)c4nc(CC)c(CC)nc34)s2)c(F)c1. The molecule has 59 heavy (non-hydrogen) atoms. The van der Waals surface area contributed by atoms with Crippen LogP contribution in [0.15, 0.2) is 60.7 Å². The van der Waals surface area contributed by atoms with E-state index in [9.17, 15) is 0 Å². The molecule has 0 saturated carbocycles. The van der Waals surface area contributed by atoms with Crippen molar-refractivity contribution in [2.24, 2.45) is 0 Å². The number of hydrogen-bond donors (Lipinski definition) is 0. The van der Waals surface area contributed by atoms with Crippen molar-refractivity contribution in [3.8, 4) is 41.8 Å². The molecule has 0 N–H and O–H groups in total. The topological polar surface area (TPSA) is 58.0 Å². The van der Waals surface area contributed by atoms with E-state index < -0.39 is 0 Å². The molecule has 0 radical (unpaired) electrons. The van der Waals surface area contributed by atoms with Crippen LogP contribution in [0.5, 0.6) is 0 Å². The summed E-state index contributed by atoms with van der Waals surface area (Å²) >= 11 is 4.25. The van der Waals surface area contributed by atoms with Gasteiger partial charge in [0.1, 0.15) is 33.7 Å². The standard InChI is InChI=1S/C48H56F2N6S3/c1-7-13-25-55(26-14-8-2)31-17-19-33(35(49)29-31)39-21-23-41(57-39)43-45-46(52-38(12-6)37(11-5)51-45)44(48-47(43)53-59-54-48)42-24-22-40(58-42)34-20-18-32(30-36(34)50)56(27-15-9-3)28-16-10-4/h17-24,29-30H,7-16,25-28H2,1-6H3. The van der Waals surface area contributed by atoms with Gasteiger partial charge in [0.05, 0.1) is 23.1 Å². The molecule has 0 amide bonds. The number of halogens is 2.